The lowest BCUT2D eigenvalue weighted by Crippen LogP contribution is -2.03. The fourth-order valence-corrected chi connectivity index (χ4v) is 3.58. The third-order valence-corrected chi connectivity index (χ3v) is 5.48. The van der Waals surface area contributed by atoms with Crippen molar-refractivity contribution in [3.05, 3.63) is 126 Å². The van der Waals surface area contributed by atoms with Gasteiger partial charge in [-0.15, -0.1) is 0 Å². The SMILES string of the molecule is O=C(CCC#Cc1cccc(OCCc2ccc(-c3ccccc3)cc2)c1)OCc1ccccc1. The second kappa shape index (κ2) is 12.8. The molecule has 0 bridgehead atoms. The van der Waals surface area contributed by atoms with Crippen molar-refractivity contribution in [3.63, 3.8) is 0 Å². The molecule has 0 unspecified atom stereocenters. The fraction of sp³-hybridized carbons (Fsp3) is 0.156. The van der Waals surface area contributed by atoms with Gasteiger partial charge in [-0.25, -0.2) is 0 Å². The van der Waals surface area contributed by atoms with Gasteiger partial charge in [0.1, 0.15) is 12.4 Å². The summed E-state index contributed by atoms with van der Waals surface area (Å²) in [6.07, 6.45) is 1.56. The van der Waals surface area contributed by atoms with Gasteiger partial charge in [0.2, 0.25) is 0 Å². The average Bonchev–Trinajstić information content (AvgIpc) is 2.92. The molecule has 0 heterocycles. The number of carbonyl (C=O) groups excluding carboxylic acids is 1. The van der Waals surface area contributed by atoms with Crippen molar-refractivity contribution < 1.29 is 14.3 Å². The molecule has 0 saturated heterocycles. The van der Waals surface area contributed by atoms with Crippen LogP contribution in [0.3, 0.4) is 0 Å². The molecular formula is C32H28O3. The molecule has 3 nitrogen and oxygen atoms in total. The van der Waals surface area contributed by atoms with E-state index in [2.05, 4.69) is 60.4 Å². The number of rotatable bonds is 9. The van der Waals surface area contributed by atoms with Crippen molar-refractivity contribution in [1.82, 2.24) is 0 Å². The van der Waals surface area contributed by atoms with Gasteiger partial charge >= 0.3 is 5.97 Å². The monoisotopic (exact) mass is 460 g/mol. The van der Waals surface area contributed by atoms with Gasteiger partial charge in [-0.2, -0.15) is 0 Å². The van der Waals surface area contributed by atoms with Crippen LogP contribution in [0.5, 0.6) is 5.75 Å². The molecule has 4 aromatic carbocycles. The Balaban J connectivity index is 1.19. The Hall–Kier alpha value is -4.29. The second-order valence-corrected chi connectivity index (χ2v) is 8.14. The van der Waals surface area contributed by atoms with Crippen molar-refractivity contribution >= 4 is 5.97 Å². The fourth-order valence-electron chi connectivity index (χ4n) is 3.58. The van der Waals surface area contributed by atoms with E-state index in [-0.39, 0.29) is 12.4 Å². The predicted octanol–water partition coefficient (Wildman–Crippen LogP) is 6.85. The van der Waals surface area contributed by atoms with Crippen molar-refractivity contribution in [3.8, 4) is 28.7 Å². The minimum Gasteiger partial charge on any atom is -0.493 e. The van der Waals surface area contributed by atoms with Crippen LogP contribution in [0.2, 0.25) is 0 Å². The van der Waals surface area contributed by atoms with Gasteiger partial charge < -0.3 is 9.47 Å². The molecule has 0 radical (unpaired) electrons. The van der Waals surface area contributed by atoms with Crippen molar-refractivity contribution in [2.24, 2.45) is 0 Å². The molecule has 0 fully saturated rings. The first-order chi connectivity index (χ1) is 17.3. The maximum atomic E-state index is 11.9. The number of ether oxygens (including phenoxy) is 2. The number of benzene rings is 4. The van der Waals surface area contributed by atoms with Gasteiger partial charge in [0.15, 0.2) is 0 Å². The third-order valence-electron chi connectivity index (χ3n) is 5.48. The lowest BCUT2D eigenvalue weighted by Gasteiger charge is -2.08. The summed E-state index contributed by atoms with van der Waals surface area (Å²) in [5.74, 6) is 6.71. The highest BCUT2D eigenvalue weighted by Crippen LogP contribution is 2.20. The summed E-state index contributed by atoms with van der Waals surface area (Å²) in [4.78, 5) is 11.9. The van der Waals surface area contributed by atoms with E-state index in [1.807, 2.05) is 60.7 Å². The molecule has 0 amide bonds. The summed E-state index contributed by atoms with van der Waals surface area (Å²) in [7, 11) is 0. The summed E-state index contributed by atoms with van der Waals surface area (Å²) in [5.41, 5.74) is 5.52. The molecule has 0 aliphatic rings. The number of carbonyl (C=O) groups is 1. The van der Waals surface area contributed by atoms with Crippen LogP contribution in [-0.4, -0.2) is 12.6 Å². The zero-order chi connectivity index (χ0) is 24.1. The standard InChI is InChI=1S/C32H28O3/c33-32(35-25-28-11-3-1-4-12-28)17-8-7-10-27-13-9-16-31(24-27)34-23-22-26-18-20-30(21-19-26)29-14-5-2-6-15-29/h1-6,9,11-16,18-21,24H,8,17,22-23,25H2. The number of esters is 1. The lowest BCUT2D eigenvalue weighted by atomic mass is 10.0. The molecule has 0 saturated carbocycles. The van der Waals surface area contributed by atoms with Crippen LogP contribution in [0.25, 0.3) is 11.1 Å². The summed E-state index contributed by atoms with van der Waals surface area (Å²) in [6, 6.07) is 36.4. The molecule has 35 heavy (non-hydrogen) atoms. The van der Waals surface area contributed by atoms with Gasteiger partial charge in [0, 0.05) is 18.4 Å². The maximum Gasteiger partial charge on any atom is 0.307 e. The predicted molar refractivity (Wildman–Crippen MR) is 140 cm³/mol. The van der Waals surface area contributed by atoms with E-state index in [1.54, 1.807) is 0 Å². The lowest BCUT2D eigenvalue weighted by molar-refractivity contribution is -0.144. The van der Waals surface area contributed by atoms with E-state index in [0.29, 0.717) is 19.6 Å². The van der Waals surface area contributed by atoms with Crippen LogP contribution in [0.4, 0.5) is 0 Å². The topological polar surface area (TPSA) is 35.5 Å². The summed E-state index contributed by atoms with van der Waals surface area (Å²) in [6.45, 7) is 0.887. The van der Waals surface area contributed by atoms with Gasteiger partial charge in [-0.3, -0.25) is 4.79 Å². The Morgan fingerprint density at radius 1 is 0.714 bits per heavy atom. The molecule has 3 heteroatoms. The van der Waals surface area contributed by atoms with Crippen molar-refractivity contribution in [2.75, 3.05) is 6.61 Å². The summed E-state index contributed by atoms with van der Waals surface area (Å²) >= 11 is 0. The Morgan fingerprint density at radius 2 is 1.43 bits per heavy atom. The highest BCUT2D eigenvalue weighted by atomic mass is 16.5. The quantitative estimate of drug-likeness (QED) is 0.202. The molecule has 0 atom stereocenters. The first-order valence-corrected chi connectivity index (χ1v) is 11.8. The Labute approximate surface area is 207 Å². The molecule has 0 aliphatic carbocycles. The van der Waals surface area contributed by atoms with Crippen LogP contribution in [-0.2, 0) is 22.6 Å². The smallest absolute Gasteiger partial charge is 0.307 e. The number of hydrogen-bond donors (Lipinski definition) is 0. The van der Waals surface area contributed by atoms with E-state index in [9.17, 15) is 4.79 Å². The zero-order valence-corrected chi connectivity index (χ0v) is 19.7. The molecule has 0 N–H and O–H groups in total. The van der Waals surface area contributed by atoms with Crippen LogP contribution in [0, 0.1) is 11.8 Å². The molecule has 174 valence electrons. The minimum atomic E-state index is -0.239. The van der Waals surface area contributed by atoms with Crippen LogP contribution in [0.1, 0.15) is 29.5 Å². The average molecular weight is 461 g/mol. The van der Waals surface area contributed by atoms with E-state index >= 15 is 0 Å². The van der Waals surface area contributed by atoms with Crippen molar-refractivity contribution in [2.45, 2.75) is 25.9 Å². The normalized spacial score (nSPS) is 10.2. The minimum absolute atomic E-state index is 0.239. The van der Waals surface area contributed by atoms with Gasteiger partial charge in [-0.05, 0) is 40.5 Å². The van der Waals surface area contributed by atoms with E-state index in [1.165, 1.54) is 16.7 Å². The van der Waals surface area contributed by atoms with Gasteiger partial charge in [0.25, 0.3) is 0 Å². The Kier molecular flexibility index (Phi) is 8.74. The first-order valence-electron chi connectivity index (χ1n) is 11.8. The highest BCUT2D eigenvalue weighted by molar-refractivity contribution is 5.69. The largest absolute Gasteiger partial charge is 0.493 e. The number of hydrogen-bond acceptors (Lipinski definition) is 3. The van der Waals surface area contributed by atoms with Crippen LogP contribution in [0.15, 0.2) is 109 Å². The first kappa shape index (κ1) is 23.9. The third kappa shape index (κ3) is 7.91. The summed E-state index contributed by atoms with van der Waals surface area (Å²) in [5, 5.41) is 0. The van der Waals surface area contributed by atoms with E-state index in [0.717, 1.165) is 23.3 Å². The van der Waals surface area contributed by atoms with Crippen LogP contribution < -0.4 is 4.74 Å². The molecule has 4 rings (SSSR count). The van der Waals surface area contributed by atoms with Gasteiger partial charge in [0.05, 0.1) is 13.0 Å². The molecule has 0 spiro atoms. The highest BCUT2D eigenvalue weighted by Gasteiger charge is 2.02. The molecule has 0 aromatic heterocycles. The molecule has 0 aliphatic heterocycles. The van der Waals surface area contributed by atoms with Crippen molar-refractivity contribution in [1.29, 1.82) is 0 Å². The summed E-state index contributed by atoms with van der Waals surface area (Å²) < 4.78 is 11.2. The Bertz CT molecular complexity index is 1270. The molecular weight excluding hydrogens is 432 g/mol. The zero-order valence-electron chi connectivity index (χ0n) is 19.7. The van der Waals surface area contributed by atoms with Crippen LogP contribution >= 0.6 is 0 Å². The molecule has 4 aromatic rings. The van der Waals surface area contributed by atoms with E-state index < -0.39 is 0 Å². The Morgan fingerprint density at radius 3 is 2.20 bits per heavy atom. The van der Waals surface area contributed by atoms with E-state index in [4.69, 9.17) is 9.47 Å². The second-order valence-electron chi connectivity index (χ2n) is 8.14. The maximum absolute atomic E-state index is 11.9. The van der Waals surface area contributed by atoms with Gasteiger partial charge in [-0.1, -0.05) is 103 Å².